The van der Waals surface area contributed by atoms with E-state index in [2.05, 4.69) is 9.80 Å². The summed E-state index contributed by atoms with van der Waals surface area (Å²) in [6.45, 7) is 4.40. The van der Waals surface area contributed by atoms with Gasteiger partial charge in [-0.15, -0.1) is 0 Å². The Morgan fingerprint density at radius 3 is 1.80 bits per heavy atom. The van der Waals surface area contributed by atoms with Gasteiger partial charge in [0.15, 0.2) is 0 Å². The smallest absolute Gasteiger partial charge is 0.297 e. The summed E-state index contributed by atoms with van der Waals surface area (Å²) in [5, 5.41) is 0. The molecule has 1 fully saturated rings. The van der Waals surface area contributed by atoms with E-state index in [0.717, 1.165) is 37.8 Å². The van der Waals surface area contributed by atoms with Gasteiger partial charge in [-0.25, -0.2) is 4.39 Å². The maximum atomic E-state index is 13.2. The van der Waals surface area contributed by atoms with Crippen molar-refractivity contribution in [2.45, 2.75) is 19.3 Å². The van der Waals surface area contributed by atoms with Crippen molar-refractivity contribution < 1.29 is 17.6 Å². The molecular formula is C19H20F4N2. The highest BCUT2D eigenvalue weighted by Gasteiger charge is 2.30. The molecule has 3 rings (SSSR count). The van der Waals surface area contributed by atoms with Gasteiger partial charge in [-0.1, -0.05) is 30.3 Å². The zero-order valence-electron chi connectivity index (χ0n) is 13.8. The third-order valence-electron chi connectivity index (χ3n) is 4.42. The van der Waals surface area contributed by atoms with Crippen LogP contribution in [0.3, 0.4) is 0 Å². The molecule has 2 aromatic rings. The first-order valence-electron chi connectivity index (χ1n) is 8.25. The Kier molecular flexibility index (Phi) is 5.39. The average molecular weight is 352 g/mol. The minimum absolute atomic E-state index is 0.235. The zero-order chi connectivity index (χ0) is 17.9. The van der Waals surface area contributed by atoms with E-state index in [1.54, 1.807) is 12.1 Å². The highest BCUT2D eigenvalue weighted by molar-refractivity contribution is 5.25. The summed E-state index contributed by atoms with van der Waals surface area (Å²) >= 11 is 0. The summed E-state index contributed by atoms with van der Waals surface area (Å²) in [6.07, 6.45) is -4.31. The van der Waals surface area contributed by atoms with Crippen molar-refractivity contribution in [1.29, 1.82) is 0 Å². The number of hydrogen-bond donors (Lipinski definition) is 0. The Hall–Kier alpha value is -1.92. The summed E-state index contributed by atoms with van der Waals surface area (Å²) in [5.41, 5.74) is 1.01. The van der Waals surface area contributed by atoms with Gasteiger partial charge in [0.1, 0.15) is 5.82 Å². The van der Waals surface area contributed by atoms with Gasteiger partial charge in [0.2, 0.25) is 0 Å². The predicted molar refractivity (Wildman–Crippen MR) is 88.4 cm³/mol. The van der Waals surface area contributed by atoms with Gasteiger partial charge in [-0.2, -0.15) is 13.2 Å². The third-order valence-corrected chi connectivity index (χ3v) is 4.42. The van der Waals surface area contributed by atoms with Crippen LogP contribution in [0.15, 0.2) is 48.5 Å². The van der Waals surface area contributed by atoms with Gasteiger partial charge in [0.05, 0.1) is 5.56 Å². The molecule has 0 radical (unpaired) electrons. The molecule has 0 aromatic heterocycles. The third kappa shape index (κ3) is 5.03. The summed E-state index contributed by atoms with van der Waals surface area (Å²) in [7, 11) is 0. The Bertz CT molecular complexity index is 707. The van der Waals surface area contributed by atoms with Crippen molar-refractivity contribution in [3.05, 3.63) is 71.0 Å². The van der Waals surface area contributed by atoms with Crippen LogP contribution < -0.4 is 0 Å². The van der Waals surface area contributed by atoms with Crippen molar-refractivity contribution in [2.75, 3.05) is 26.2 Å². The number of alkyl halides is 3. The Morgan fingerprint density at radius 1 is 0.760 bits per heavy atom. The minimum atomic E-state index is -4.31. The van der Waals surface area contributed by atoms with Crippen LogP contribution in [0.4, 0.5) is 17.6 Å². The molecule has 2 aromatic carbocycles. The molecular weight excluding hydrogens is 332 g/mol. The molecule has 0 amide bonds. The van der Waals surface area contributed by atoms with Gasteiger partial charge >= 0.3 is 6.18 Å². The first-order chi connectivity index (χ1) is 11.9. The van der Waals surface area contributed by atoms with E-state index < -0.39 is 11.7 Å². The fraction of sp³-hybridized carbons (Fsp3) is 0.368. The number of nitrogens with zero attached hydrogens (tertiary/aromatic N) is 2. The number of halogens is 4. The van der Waals surface area contributed by atoms with Crippen LogP contribution in [0.2, 0.25) is 0 Å². The molecule has 0 N–H and O–H groups in total. The molecule has 6 heteroatoms. The highest BCUT2D eigenvalue weighted by atomic mass is 19.4. The predicted octanol–water partition coefficient (Wildman–Crippen LogP) is 4.16. The fourth-order valence-corrected chi connectivity index (χ4v) is 3.10. The molecule has 134 valence electrons. The Morgan fingerprint density at radius 2 is 1.28 bits per heavy atom. The molecule has 0 atom stereocenters. The number of hydrogen-bond acceptors (Lipinski definition) is 2. The SMILES string of the molecule is Fc1cccc(CN2CCN(Cc3cccc(C(F)(F)F)c3)CC2)c1. The lowest BCUT2D eigenvalue weighted by atomic mass is 10.1. The number of rotatable bonds is 4. The maximum absolute atomic E-state index is 13.2. The van der Waals surface area contributed by atoms with E-state index in [-0.39, 0.29) is 5.82 Å². The first-order valence-corrected chi connectivity index (χ1v) is 8.25. The summed E-state index contributed by atoms with van der Waals surface area (Å²) in [6, 6.07) is 12.1. The topological polar surface area (TPSA) is 6.48 Å². The minimum Gasteiger partial charge on any atom is -0.297 e. The Labute approximate surface area is 144 Å². The van der Waals surface area contributed by atoms with Gasteiger partial charge in [-0.05, 0) is 29.3 Å². The van der Waals surface area contributed by atoms with E-state index in [0.29, 0.717) is 18.7 Å². The highest BCUT2D eigenvalue weighted by Crippen LogP contribution is 2.29. The summed E-state index contributed by atoms with van der Waals surface area (Å²) in [5.74, 6) is -0.235. The average Bonchev–Trinajstić information content (AvgIpc) is 2.56. The molecule has 2 nitrogen and oxygen atoms in total. The zero-order valence-corrected chi connectivity index (χ0v) is 13.8. The van der Waals surface area contributed by atoms with Crippen LogP contribution in [0.5, 0.6) is 0 Å². The standard InChI is InChI=1S/C19H20F4N2/c20-18-6-2-4-16(12-18)14-25-9-7-24(8-10-25)13-15-3-1-5-17(11-15)19(21,22)23/h1-6,11-12H,7-10,13-14H2. The number of piperazine rings is 1. The summed E-state index contributed by atoms with van der Waals surface area (Å²) in [4.78, 5) is 4.38. The molecule has 1 heterocycles. The van der Waals surface area contributed by atoms with Gasteiger partial charge in [0.25, 0.3) is 0 Å². The van der Waals surface area contributed by atoms with Crippen LogP contribution in [-0.2, 0) is 19.3 Å². The second-order valence-electron chi connectivity index (χ2n) is 6.38. The molecule has 0 unspecified atom stereocenters. The molecule has 1 aliphatic heterocycles. The van der Waals surface area contributed by atoms with Crippen LogP contribution in [-0.4, -0.2) is 36.0 Å². The van der Waals surface area contributed by atoms with Crippen LogP contribution >= 0.6 is 0 Å². The van der Waals surface area contributed by atoms with Crippen LogP contribution in [0.25, 0.3) is 0 Å². The van der Waals surface area contributed by atoms with E-state index >= 15 is 0 Å². The van der Waals surface area contributed by atoms with E-state index in [1.165, 1.54) is 24.3 Å². The van der Waals surface area contributed by atoms with Crippen molar-refractivity contribution in [1.82, 2.24) is 9.80 Å². The molecule has 0 bridgehead atoms. The molecule has 0 spiro atoms. The summed E-state index contributed by atoms with van der Waals surface area (Å²) < 4.78 is 51.6. The molecule has 0 aliphatic carbocycles. The molecule has 25 heavy (non-hydrogen) atoms. The van der Waals surface area contributed by atoms with Crippen molar-refractivity contribution >= 4 is 0 Å². The van der Waals surface area contributed by atoms with E-state index in [4.69, 9.17) is 0 Å². The number of benzene rings is 2. The lowest BCUT2D eigenvalue weighted by Crippen LogP contribution is -2.45. The van der Waals surface area contributed by atoms with E-state index in [9.17, 15) is 17.6 Å². The monoisotopic (exact) mass is 352 g/mol. The maximum Gasteiger partial charge on any atom is 0.416 e. The molecule has 1 saturated heterocycles. The molecule has 1 aliphatic rings. The quantitative estimate of drug-likeness (QED) is 0.763. The van der Waals surface area contributed by atoms with Crippen LogP contribution in [0.1, 0.15) is 16.7 Å². The largest absolute Gasteiger partial charge is 0.416 e. The lowest BCUT2D eigenvalue weighted by molar-refractivity contribution is -0.137. The van der Waals surface area contributed by atoms with Crippen LogP contribution in [0, 0.1) is 5.82 Å². The Balaban J connectivity index is 1.53. The first kappa shape index (κ1) is 17.9. The normalized spacial score (nSPS) is 17.0. The second kappa shape index (κ2) is 7.54. The van der Waals surface area contributed by atoms with Crippen molar-refractivity contribution in [2.24, 2.45) is 0 Å². The van der Waals surface area contributed by atoms with Crippen molar-refractivity contribution in [3.63, 3.8) is 0 Å². The molecule has 0 saturated carbocycles. The fourth-order valence-electron chi connectivity index (χ4n) is 3.10. The van der Waals surface area contributed by atoms with Crippen molar-refractivity contribution in [3.8, 4) is 0 Å². The van der Waals surface area contributed by atoms with Gasteiger partial charge < -0.3 is 0 Å². The second-order valence-corrected chi connectivity index (χ2v) is 6.38. The van der Waals surface area contributed by atoms with E-state index in [1.807, 2.05) is 6.07 Å². The lowest BCUT2D eigenvalue weighted by Gasteiger charge is -2.34. The van der Waals surface area contributed by atoms with Gasteiger partial charge in [-0.3, -0.25) is 9.80 Å². The van der Waals surface area contributed by atoms with Gasteiger partial charge in [0, 0.05) is 39.3 Å².